The zero-order valence-electron chi connectivity index (χ0n) is 18.1. The number of amides is 1. The SMILES string of the molecule is CCc1cc(C(F)(C(F)(F)F)C(F)(F)C(F)(F)F)cc(C)c1NC(=O)c1ccc(C#N)c([N+](=O)[O-])c1. The summed E-state index contributed by atoms with van der Waals surface area (Å²) in [5, 5.41) is 22.2. The number of alkyl halides is 9. The number of carbonyl (C=O) groups is 1. The van der Waals surface area contributed by atoms with E-state index in [0.717, 1.165) is 25.1 Å². The minimum Gasteiger partial charge on any atom is -0.321 e. The number of nitro groups is 1. The summed E-state index contributed by atoms with van der Waals surface area (Å²) >= 11 is 0. The van der Waals surface area contributed by atoms with Crippen molar-refractivity contribution in [3.63, 3.8) is 0 Å². The van der Waals surface area contributed by atoms with Crippen molar-refractivity contribution in [1.29, 1.82) is 5.26 Å². The lowest BCUT2D eigenvalue weighted by Gasteiger charge is -2.36. The fourth-order valence-corrected chi connectivity index (χ4v) is 3.34. The van der Waals surface area contributed by atoms with E-state index in [1.807, 2.05) is 0 Å². The molecule has 1 amide bonds. The number of carbonyl (C=O) groups excluding carboxylic acids is 1. The van der Waals surface area contributed by atoms with Gasteiger partial charge in [0.1, 0.15) is 11.6 Å². The van der Waals surface area contributed by atoms with Crippen LogP contribution in [0.5, 0.6) is 0 Å². The van der Waals surface area contributed by atoms with Gasteiger partial charge in [-0.25, -0.2) is 4.39 Å². The summed E-state index contributed by atoms with van der Waals surface area (Å²) in [6.07, 6.45) is -13.9. The quantitative estimate of drug-likeness (QED) is 0.263. The molecule has 1 unspecified atom stereocenters. The highest BCUT2D eigenvalue weighted by molar-refractivity contribution is 6.05. The second-order valence-electron chi connectivity index (χ2n) is 7.46. The molecule has 0 saturated heterocycles. The van der Waals surface area contributed by atoms with Gasteiger partial charge in [0.15, 0.2) is 0 Å². The molecule has 6 nitrogen and oxygen atoms in total. The summed E-state index contributed by atoms with van der Waals surface area (Å²) in [6.45, 7) is 2.18. The van der Waals surface area contributed by atoms with E-state index >= 15 is 0 Å². The van der Waals surface area contributed by atoms with Crippen molar-refractivity contribution < 1.29 is 49.2 Å². The average molecular weight is 527 g/mol. The van der Waals surface area contributed by atoms with E-state index in [2.05, 4.69) is 5.32 Å². The molecule has 1 atom stereocenters. The van der Waals surface area contributed by atoms with Crippen molar-refractivity contribution in [3.05, 3.63) is 68.3 Å². The Kier molecular flexibility index (Phi) is 7.36. The molecular formula is C21H14F9N3O3. The average Bonchev–Trinajstić information content (AvgIpc) is 2.77. The smallest absolute Gasteiger partial charge is 0.321 e. The molecule has 0 heterocycles. The van der Waals surface area contributed by atoms with E-state index < -0.39 is 57.2 Å². The number of nitrogens with one attached hydrogen (secondary N) is 1. The molecule has 2 aromatic rings. The minimum atomic E-state index is -6.89. The fourth-order valence-electron chi connectivity index (χ4n) is 3.34. The monoisotopic (exact) mass is 527 g/mol. The highest BCUT2D eigenvalue weighted by Gasteiger charge is 2.81. The maximum Gasteiger partial charge on any atom is 0.457 e. The zero-order valence-corrected chi connectivity index (χ0v) is 18.1. The number of nitriles is 1. The Hall–Kier alpha value is -3.83. The number of rotatable bonds is 6. The Morgan fingerprint density at radius 1 is 1.03 bits per heavy atom. The zero-order chi connectivity index (χ0) is 27.9. The first-order valence-electron chi connectivity index (χ1n) is 9.67. The Bertz CT molecular complexity index is 1250. The van der Waals surface area contributed by atoms with Crippen LogP contribution in [-0.4, -0.2) is 29.1 Å². The molecule has 0 aliphatic heterocycles. The van der Waals surface area contributed by atoms with E-state index in [0.29, 0.717) is 0 Å². The molecule has 0 bridgehead atoms. The second-order valence-corrected chi connectivity index (χ2v) is 7.46. The highest BCUT2D eigenvalue weighted by Crippen LogP contribution is 2.58. The Balaban J connectivity index is 2.64. The van der Waals surface area contributed by atoms with Gasteiger partial charge >= 0.3 is 23.9 Å². The number of nitrogens with zero attached hydrogens (tertiary/aromatic N) is 2. The second kappa shape index (κ2) is 9.32. The first-order chi connectivity index (χ1) is 16.3. The number of hydrogen-bond acceptors (Lipinski definition) is 4. The first-order valence-corrected chi connectivity index (χ1v) is 9.67. The molecule has 2 rings (SSSR count). The molecule has 1 N–H and O–H groups in total. The number of nitro benzene ring substituents is 1. The predicted molar refractivity (Wildman–Crippen MR) is 106 cm³/mol. The highest BCUT2D eigenvalue weighted by atomic mass is 19.4. The third-order valence-corrected chi connectivity index (χ3v) is 5.19. The van der Waals surface area contributed by atoms with Crippen molar-refractivity contribution in [1.82, 2.24) is 0 Å². The van der Waals surface area contributed by atoms with Crippen LogP contribution in [0.25, 0.3) is 0 Å². The van der Waals surface area contributed by atoms with Crippen LogP contribution in [0.1, 0.15) is 39.5 Å². The number of halogens is 9. The molecular weight excluding hydrogens is 513 g/mol. The lowest BCUT2D eigenvalue weighted by atomic mass is 9.85. The van der Waals surface area contributed by atoms with Crippen LogP contribution in [0.15, 0.2) is 30.3 Å². The Labute approximate surface area is 196 Å². The van der Waals surface area contributed by atoms with Crippen LogP contribution in [0, 0.1) is 28.4 Å². The van der Waals surface area contributed by atoms with Crippen LogP contribution in [-0.2, 0) is 12.1 Å². The van der Waals surface area contributed by atoms with Gasteiger partial charge in [-0.15, -0.1) is 0 Å². The normalized spacial score (nSPS) is 14.1. The lowest BCUT2D eigenvalue weighted by molar-refractivity contribution is -0.389. The molecule has 15 heteroatoms. The summed E-state index contributed by atoms with van der Waals surface area (Å²) in [4.78, 5) is 22.7. The summed E-state index contributed by atoms with van der Waals surface area (Å²) in [5.74, 6) is -7.95. The standard InChI is InChI=1S/C21H14F9N3O3/c1-3-11-7-14(18(22,20(25,26)27)19(23,24)21(28,29)30)6-10(2)16(11)32-17(34)12-4-5-13(9-31)15(8-12)33(35)36/h4-8H,3H2,1-2H3,(H,32,34). The van der Waals surface area contributed by atoms with Gasteiger partial charge in [-0.1, -0.05) is 13.0 Å². The third kappa shape index (κ3) is 4.67. The van der Waals surface area contributed by atoms with Crippen LogP contribution < -0.4 is 5.32 Å². The van der Waals surface area contributed by atoms with Crippen molar-refractivity contribution in [2.24, 2.45) is 0 Å². The molecule has 194 valence electrons. The van der Waals surface area contributed by atoms with Gasteiger partial charge in [0.25, 0.3) is 11.6 Å². The topological polar surface area (TPSA) is 96.0 Å². The molecule has 2 aromatic carbocycles. The Morgan fingerprint density at radius 3 is 2.06 bits per heavy atom. The summed E-state index contributed by atoms with van der Waals surface area (Å²) in [5.41, 5.74) is -10.9. The molecule has 0 aromatic heterocycles. The Morgan fingerprint density at radius 2 is 1.61 bits per heavy atom. The summed E-state index contributed by atoms with van der Waals surface area (Å²) in [6, 6.07) is 4.45. The van der Waals surface area contributed by atoms with E-state index in [-0.39, 0.29) is 35.4 Å². The number of anilines is 1. The molecule has 36 heavy (non-hydrogen) atoms. The van der Waals surface area contributed by atoms with E-state index in [9.17, 15) is 54.4 Å². The van der Waals surface area contributed by atoms with Crippen molar-refractivity contribution in [2.45, 2.75) is 44.2 Å². The van der Waals surface area contributed by atoms with Gasteiger partial charge in [0, 0.05) is 22.9 Å². The summed E-state index contributed by atoms with van der Waals surface area (Å²) < 4.78 is 121. The van der Waals surface area contributed by atoms with E-state index in [1.165, 1.54) is 13.0 Å². The van der Waals surface area contributed by atoms with E-state index in [4.69, 9.17) is 5.26 Å². The van der Waals surface area contributed by atoms with Gasteiger partial charge in [0.05, 0.1) is 4.92 Å². The van der Waals surface area contributed by atoms with Gasteiger partial charge in [-0.05, 0) is 42.7 Å². The van der Waals surface area contributed by atoms with Crippen LogP contribution in [0.4, 0.5) is 50.9 Å². The van der Waals surface area contributed by atoms with Crippen molar-refractivity contribution in [2.75, 3.05) is 5.32 Å². The van der Waals surface area contributed by atoms with E-state index in [1.54, 1.807) is 0 Å². The maximum absolute atomic E-state index is 14.9. The summed E-state index contributed by atoms with van der Waals surface area (Å²) in [7, 11) is 0. The van der Waals surface area contributed by atoms with Crippen LogP contribution in [0.3, 0.4) is 0 Å². The first kappa shape index (κ1) is 28.4. The fraction of sp³-hybridized carbons (Fsp3) is 0.333. The number of hydrogen-bond donors (Lipinski definition) is 1. The number of aryl methyl sites for hydroxylation is 2. The molecule has 0 saturated carbocycles. The van der Waals surface area contributed by atoms with Crippen LogP contribution in [0.2, 0.25) is 0 Å². The van der Waals surface area contributed by atoms with Crippen molar-refractivity contribution >= 4 is 17.3 Å². The third-order valence-electron chi connectivity index (χ3n) is 5.19. The van der Waals surface area contributed by atoms with Crippen molar-refractivity contribution in [3.8, 4) is 6.07 Å². The number of benzene rings is 2. The van der Waals surface area contributed by atoms with Gasteiger partial charge < -0.3 is 5.32 Å². The molecule has 0 radical (unpaired) electrons. The maximum atomic E-state index is 14.9. The molecule has 0 aliphatic carbocycles. The minimum absolute atomic E-state index is 0.100. The predicted octanol–water partition coefficient (Wildman–Crippen LogP) is 6.51. The van der Waals surface area contributed by atoms with Crippen LogP contribution >= 0.6 is 0 Å². The van der Waals surface area contributed by atoms with Gasteiger partial charge in [0.2, 0.25) is 0 Å². The molecule has 0 spiro atoms. The molecule has 0 aliphatic rings. The lowest BCUT2D eigenvalue weighted by Crippen LogP contribution is -2.59. The van der Waals surface area contributed by atoms with Gasteiger partial charge in [-0.3, -0.25) is 14.9 Å². The van der Waals surface area contributed by atoms with Gasteiger partial charge in [-0.2, -0.15) is 40.4 Å². The molecule has 0 fully saturated rings. The largest absolute Gasteiger partial charge is 0.457 e.